The third kappa shape index (κ3) is 3.04. The molecule has 2 N–H and O–H groups in total. The summed E-state index contributed by atoms with van der Waals surface area (Å²) in [6.07, 6.45) is 3.60. The largest absolute Gasteiger partial charge is 0.350 e. The van der Waals surface area contributed by atoms with Gasteiger partial charge in [-0.3, -0.25) is 14.5 Å². The van der Waals surface area contributed by atoms with E-state index in [0.717, 1.165) is 24.2 Å². The molecule has 2 atom stereocenters. The Balaban J connectivity index is 2.10. The van der Waals surface area contributed by atoms with Crippen molar-refractivity contribution in [2.45, 2.75) is 64.5 Å². The van der Waals surface area contributed by atoms with Crippen molar-refractivity contribution in [2.24, 2.45) is 5.92 Å². The molecule has 21 heavy (non-hydrogen) atoms. The maximum atomic E-state index is 12.7. The van der Waals surface area contributed by atoms with Crippen molar-refractivity contribution in [1.82, 2.24) is 15.5 Å². The van der Waals surface area contributed by atoms with E-state index in [1.807, 2.05) is 27.7 Å². The number of carbonyl (C=O) groups excluding carboxylic acids is 3. The molecule has 0 aromatic carbocycles. The average molecular weight is 295 g/mol. The highest BCUT2D eigenvalue weighted by Gasteiger charge is 2.55. The van der Waals surface area contributed by atoms with Gasteiger partial charge in [0.2, 0.25) is 5.91 Å². The van der Waals surface area contributed by atoms with Gasteiger partial charge >= 0.3 is 6.03 Å². The Morgan fingerprint density at radius 3 is 2.62 bits per heavy atom. The summed E-state index contributed by atoms with van der Waals surface area (Å²) in [4.78, 5) is 37.8. The summed E-state index contributed by atoms with van der Waals surface area (Å²) >= 11 is 0. The van der Waals surface area contributed by atoms with Crippen LogP contribution in [0, 0.1) is 5.92 Å². The van der Waals surface area contributed by atoms with Crippen LogP contribution in [0.25, 0.3) is 0 Å². The Kier molecular flexibility index (Phi) is 4.00. The van der Waals surface area contributed by atoms with E-state index < -0.39 is 11.6 Å². The van der Waals surface area contributed by atoms with Crippen molar-refractivity contribution < 1.29 is 14.4 Å². The summed E-state index contributed by atoms with van der Waals surface area (Å²) in [5.41, 5.74) is -1.18. The smallest absolute Gasteiger partial charge is 0.325 e. The van der Waals surface area contributed by atoms with Crippen LogP contribution in [0.1, 0.15) is 53.4 Å². The van der Waals surface area contributed by atoms with E-state index in [1.165, 1.54) is 0 Å². The highest BCUT2D eigenvalue weighted by atomic mass is 16.2. The molecule has 6 heteroatoms. The van der Waals surface area contributed by atoms with Gasteiger partial charge in [0.1, 0.15) is 12.1 Å². The van der Waals surface area contributed by atoms with Crippen molar-refractivity contribution in [2.75, 3.05) is 6.54 Å². The molecule has 2 rings (SSSR count). The lowest BCUT2D eigenvalue weighted by atomic mass is 9.73. The maximum Gasteiger partial charge on any atom is 0.325 e. The Bertz CT molecular complexity index is 469. The van der Waals surface area contributed by atoms with E-state index in [1.54, 1.807) is 0 Å². The van der Waals surface area contributed by atoms with Gasteiger partial charge in [-0.1, -0.05) is 19.8 Å². The van der Waals surface area contributed by atoms with Crippen LogP contribution in [-0.4, -0.2) is 40.4 Å². The van der Waals surface area contributed by atoms with Crippen LogP contribution < -0.4 is 10.6 Å². The summed E-state index contributed by atoms with van der Waals surface area (Å²) < 4.78 is 0. The van der Waals surface area contributed by atoms with Gasteiger partial charge in [-0.2, -0.15) is 0 Å². The summed E-state index contributed by atoms with van der Waals surface area (Å²) in [6, 6.07) is -0.446. The lowest BCUT2D eigenvalue weighted by Crippen LogP contribution is -2.54. The van der Waals surface area contributed by atoms with E-state index in [4.69, 9.17) is 0 Å². The SMILES string of the molecule is C[C@@H]1CCCC[C@@]12NC(=O)N(CC(=O)NC(C)(C)C)C2=O. The number of carbonyl (C=O) groups is 3. The quantitative estimate of drug-likeness (QED) is 0.756. The van der Waals surface area contributed by atoms with E-state index >= 15 is 0 Å². The topological polar surface area (TPSA) is 78.5 Å². The molecule has 6 nitrogen and oxygen atoms in total. The van der Waals surface area contributed by atoms with Crippen LogP contribution in [0.5, 0.6) is 0 Å². The zero-order chi connectivity index (χ0) is 15.8. The standard InChI is InChI=1S/C15H25N3O3/c1-10-7-5-6-8-15(10)12(20)18(13(21)17-15)9-11(19)16-14(2,3)4/h10H,5-9H2,1-4H3,(H,16,19)(H,17,21)/t10-,15-/m1/s1. The van der Waals surface area contributed by atoms with Gasteiger partial charge < -0.3 is 10.6 Å². The highest BCUT2D eigenvalue weighted by Crippen LogP contribution is 2.38. The number of rotatable bonds is 2. The predicted octanol–water partition coefficient (Wildman–Crippen LogP) is 1.40. The van der Waals surface area contributed by atoms with Crippen molar-refractivity contribution in [3.05, 3.63) is 0 Å². The number of amides is 4. The second-order valence-electron chi connectivity index (χ2n) is 7.24. The van der Waals surface area contributed by atoms with Crippen molar-refractivity contribution >= 4 is 17.8 Å². The zero-order valence-corrected chi connectivity index (χ0v) is 13.3. The molecule has 1 saturated heterocycles. The van der Waals surface area contributed by atoms with Gasteiger partial charge in [0.15, 0.2) is 0 Å². The molecular weight excluding hydrogens is 270 g/mol. The minimum absolute atomic E-state index is 0.110. The first-order valence-corrected chi connectivity index (χ1v) is 7.61. The summed E-state index contributed by atoms with van der Waals surface area (Å²) in [5, 5.41) is 5.62. The molecule has 4 amide bonds. The van der Waals surface area contributed by atoms with Crippen molar-refractivity contribution in [3.63, 3.8) is 0 Å². The molecule has 1 heterocycles. The third-order valence-electron chi connectivity index (χ3n) is 4.32. The van der Waals surface area contributed by atoms with Crippen LogP contribution in [0.2, 0.25) is 0 Å². The number of nitrogens with zero attached hydrogens (tertiary/aromatic N) is 1. The van der Waals surface area contributed by atoms with Crippen LogP contribution in [0.4, 0.5) is 4.79 Å². The lowest BCUT2D eigenvalue weighted by Gasteiger charge is -2.36. The third-order valence-corrected chi connectivity index (χ3v) is 4.32. The highest BCUT2D eigenvalue weighted by molar-refractivity contribution is 6.09. The second kappa shape index (κ2) is 5.31. The molecule has 0 aromatic rings. The van der Waals surface area contributed by atoms with E-state index in [2.05, 4.69) is 10.6 Å². The van der Waals surface area contributed by atoms with E-state index in [9.17, 15) is 14.4 Å². The fourth-order valence-electron chi connectivity index (χ4n) is 3.24. The number of urea groups is 1. The number of imide groups is 1. The van der Waals surface area contributed by atoms with Crippen molar-refractivity contribution in [3.8, 4) is 0 Å². The molecule has 1 aliphatic heterocycles. The monoisotopic (exact) mass is 295 g/mol. The molecular formula is C15H25N3O3. The minimum atomic E-state index is -0.794. The molecule has 0 radical (unpaired) electrons. The summed E-state index contributed by atoms with van der Waals surface area (Å²) in [7, 11) is 0. The molecule has 1 saturated carbocycles. The summed E-state index contributed by atoms with van der Waals surface area (Å²) in [6.45, 7) is 7.37. The molecule has 118 valence electrons. The van der Waals surface area contributed by atoms with Gasteiger partial charge in [-0.05, 0) is 39.5 Å². The van der Waals surface area contributed by atoms with E-state index in [-0.39, 0.29) is 29.8 Å². The van der Waals surface area contributed by atoms with E-state index in [0.29, 0.717) is 6.42 Å². The first-order valence-electron chi connectivity index (χ1n) is 7.61. The molecule has 0 unspecified atom stereocenters. The Morgan fingerprint density at radius 1 is 1.38 bits per heavy atom. The molecule has 2 aliphatic rings. The first kappa shape index (κ1) is 15.8. The normalized spacial score (nSPS) is 29.7. The Morgan fingerprint density at radius 2 is 2.05 bits per heavy atom. The van der Waals surface area contributed by atoms with Crippen LogP contribution >= 0.6 is 0 Å². The molecule has 2 fully saturated rings. The molecule has 0 aromatic heterocycles. The fraction of sp³-hybridized carbons (Fsp3) is 0.800. The van der Waals surface area contributed by atoms with Gasteiger partial charge in [-0.25, -0.2) is 4.79 Å². The van der Waals surface area contributed by atoms with Gasteiger partial charge in [0, 0.05) is 5.54 Å². The molecule has 0 bridgehead atoms. The van der Waals surface area contributed by atoms with Crippen LogP contribution in [-0.2, 0) is 9.59 Å². The molecule has 1 spiro atoms. The Labute approximate surface area is 125 Å². The molecule has 1 aliphatic carbocycles. The van der Waals surface area contributed by atoms with Gasteiger partial charge in [0.05, 0.1) is 0 Å². The predicted molar refractivity (Wildman–Crippen MR) is 78.5 cm³/mol. The number of nitrogens with one attached hydrogen (secondary N) is 2. The average Bonchev–Trinajstić information content (AvgIpc) is 2.56. The minimum Gasteiger partial charge on any atom is -0.350 e. The second-order valence-corrected chi connectivity index (χ2v) is 7.24. The lowest BCUT2D eigenvalue weighted by molar-refractivity contribution is -0.137. The van der Waals surface area contributed by atoms with Crippen LogP contribution in [0.15, 0.2) is 0 Å². The van der Waals surface area contributed by atoms with Crippen molar-refractivity contribution in [1.29, 1.82) is 0 Å². The maximum absolute atomic E-state index is 12.7. The fourth-order valence-corrected chi connectivity index (χ4v) is 3.24. The first-order chi connectivity index (χ1) is 9.66. The summed E-state index contributed by atoms with van der Waals surface area (Å²) in [5.74, 6) is -0.450. The Hall–Kier alpha value is -1.59. The number of hydrogen-bond donors (Lipinski definition) is 2. The van der Waals surface area contributed by atoms with Gasteiger partial charge in [-0.15, -0.1) is 0 Å². The zero-order valence-electron chi connectivity index (χ0n) is 13.3. The van der Waals surface area contributed by atoms with Gasteiger partial charge in [0.25, 0.3) is 5.91 Å². The number of hydrogen-bond acceptors (Lipinski definition) is 3. The van der Waals surface area contributed by atoms with Crippen LogP contribution in [0.3, 0.4) is 0 Å².